The van der Waals surface area contributed by atoms with Gasteiger partial charge in [0.25, 0.3) is 0 Å². The van der Waals surface area contributed by atoms with E-state index < -0.39 is 23.1 Å². The second kappa shape index (κ2) is 4.00. The van der Waals surface area contributed by atoms with E-state index in [-0.39, 0.29) is 11.3 Å². The predicted octanol–water partition coefficient (Wildman–Crippen LogP) is 2.28. The maximum Gasteiger partial charge on any atom is 0.341 e. The highest BCUT2D eigenvalue weighted by Gasteiger charge is 2.22. The first-order valence-corrected chi connectivity index (χ1v) is 4.72. The molecule has 0 aromatic heterocycles. The van der Waals surface area contributed by atoms with Crippen LogP contribution in [0.25, 0.3) is 0 Å². The van der Waals surface area contributed by atoms with E-state index in [1.54, 1.807) is 20.8 Å². The molecule has 1 aromatic rings. The predicted molar refractivity (Wildman–Crippen MR) is 58.2 cm³/mol. The molecule has 16 heavy (non-hydrogen) atoms. The number of benzene rings is 1. The van der Waals surface area contributed by atoms with Crippen molar-refractivity contribution >= 4 is 11.7 Å². The lowest BCUT2D eigenvalue weighted by atomic mass is 10.1. The van der Waals surface area contributed by atoms with Crippen molar-refractivity contribution in [3.63, 3.8) is 0 Å². The Hall–Kier alpha value is -1.78. The van der Waals surface area contributed by atoms with E-state index in [1.807, 2.05) is 0 Å². The minimum Gasteiger partial charge on any atom is -0.487 e. The second-order valence-corrected chi connectivity index (χ2v) is 4.35. The van der Waals surface area contributed by atoms with Crippen molar-refractivity contribution in [3.05, 3.63) is 23.5 Å². The molecule has 3 N–H and O–H groups in total. The summed E-state index contributed by atoms with van der Waals surface area (Å²) in [6.07, 6.45) is 0. The number of carboxylic acid groups (broad SMARTS) is 1. The Bertz CT molecular complexity index is 424. The number of rotatable bonds is 2. The summed E-state index contributed by atoms with van der Waals surface area (Å²) in [5.74, 6) is -2.01. The summed E-state index contributed by atoms with van der Waals surface area (Å²) in [7, 11) is 0. The number of aromatic carboxylic acids is 1. The minimum atomic E-state index is -1.31. The van der Waals surface area contributed by atoms with E-state index in [9.17, 15) is 9.18 Å². The van der Waals surface area contributed by atoms with Crippen LogP contribution in [0.1, 0.15) is 31.1 Å². The molecule has 0 unspecified atom stereocenters. The number of nitrogen functional groups attached to an aromatic ring is 1. The van der Waals surface area contributed by atoms with Crippen molar-refractivity contribution in [1.29, 1.82) is 0 Å². The fourth-order valence-corrected chi connectivity index (χ4v) is 1.21. The molecule has 0 amide bonds. The molecule has 0 spiro atoms. The zero-order chi connectivity index (χ0) is 12.5. The molecule has 0 aliphatic rings. The van der Waals surface area contributed by atoms with Crippen LogP contribution < -0.4 is 10.5 Å². The lowest BCUT2D eigenvalue weighted by Crippen LogP contribution is -2.24. The number of carbonyl (C=O) groups is 1. The molecule has 0 atom stereocenters. The fraction of sp³-hybridized carbons (Fsp3) is 0.364. The summed E-state index contributed by atoms with van der Waals surface area (Å²) in [5, 5.41) is 8.94. The van der Waals surface area contributed by atoms with Crippen molar-refractivity contribution in [2.45, 2.75) is 26.4 Å². The fourth-order valence-electron chi connectivity index (χ4n) is 1.21. The summed E-state index contributed by atoms with van der Waals surface area (Å²) < 4.78 is 18.5. The number of halogens is 1. The van der Waals surface area contributed by atoms with E-state index in [4.69, 9.17) is 15.6 Å². The largest absolute Gasteiger partial charge is 0.487 e. The highest BCUT2D eigenvalue weighted by atomic mass is 19.1. The van der Waals surface area contributed by atoms with Crippen molar-refractivity contribution in [1.82, 2.24) is 0 Å². The first-order valence-electron chi connectivity index (χ1n) is 4.72. The normalized spacial score (nSPS) is 11.2. The van der Waals surface area contributed by atoms with Crippen LogP contribution in [0.2, 0.25) is 0 Å². The van der Waals surface area contributed by atoms with Crippen LogP contribution in [0.15, 0.2) is 12.1 Å². The number of carboxylic acids is 1. The smallest absolute Gasteiger partial charge is 0.341 e. The first kappa shape index (κ1) is 12.3. The number of hydrogen-bond donors (Lipinski definition) is 2. The van der Waals surface area contributed by atoms with Gasteiger partial charge in [-0.05, 0) is 32.9 Å². The van der Waals surface area contributed by atoms with Crippen molar-refractivity contribution < 1.29 is 19.0 Å². The minimum absolute atomic E-state index is 0.0684. The molecule has 0 bridgehead atoms. The highest BCUT2D eigenvalue weighted by Crippen LogP contribution is 2.29. The third-order valence-electron chi connectivity index (χ3n) is 1.78. The molecule has 5 heteroatoms. The zero-order valence-corrected chi connectivity index (χ0v) is 9.37. The molecule has 0 saturated carbocycles. The van der Waals surface area contributed by atoms with Gasteiger partial charge in [-0.2, -0.15) is 0 Å². The standard InChI is InChI=1S/C11H14FNO3/c1-11(2,3)16-7-5-4-6(12)9(13)8(7)10(14)15/h4-5H,13H2,1-3H3,(H,14,15). The van der Waals surface area contributed by atoms with Crippen LogP contribution in [0, 0.1) is 5.82 Å². The first-order chi connectivity index (χ1) is 7.22. The molecular formula is C11H14FNO3. The van der Waals surface area contributed by atoms with Crippen molar-refractivity contribution in [2.75, 3.05) is 5.73 Å². The SMILES string of the molecule is CC(C)(C)Oc1ccc(F)c(N)c1C(=O)O. The lowest BCUT2D eigenvalue weighted by molar-refractivity contribution is 0.0682. The molecule has 88 valence electrons. The quantitative estimate of drug-likeness (QED) is 0.760. The third kappa shape index (κ3) is 2.62. The van der Waals surface area contributed by atoms with Gasteiger partial charge in [0.1, 0.15) is 22.7 Å². The molecule has 1 rings (SSSR count). The Morgan fingerprint density at radius 3 is 2.44 bits per heavy atom. The number of anilines is 1. The van der Waals surface area contributed by atoms with E-state index in [2.05, 4.69) is 0 Å². The van der Waals surface area contributed by atoms with Crippen LogP contribution in [-0.4, -0.2) is 16.7 Å². The number of nitrogens with two attached hydrogens (primary N) is 1. The molecule has 0 radical (unpaired) electrons. The van der Waals surface area contributed by atoms with Gasteiger partial charge < -0.3 is 15.6 Å². The van der Waals surface area contributed by atoms with Crippen LogP contribution >= 0.6 is 0 Å². The zero-order valence-electron chi connectivity index (χ0n) is 9.37. The molecular weight excluding hydrogens is 213 g/mol. The molecule has 0 aliphatic heterocycles. The van der Waals surface area contributed by atoms with Gasteiger partial charge in [-0.25, -0.2) is 9.18 Å². The molecule has 1 aromatic carbocycles. The van der Waals surface area contributed by atoms with Gasteiger partial charge in [-0.15, -0.1) is 0 Å². The topological polar surface area (TPSA) is 72.5 Å². The molecule has 0 aliphatic carbocycles. The van der Waals surface area contributed by atoms with Crippen LogP contribution in [0.4, 0.5) is 10.1 Å². The number of ether oxygens (including phenoxy) is 1. The summed E-state index contributed by atoms with van der Waals surface area (Å²) in [6.45, 7) is 5.29. The Morgan fingerprint density at radius 1 is 1.44 bits per heavy atom. The van der Waals surface area contributed by atoms with E-state index in [1.165, 1.54) is 6.07 Å². The summed E-state index contributed by atoms with van der Waals surface area (Å²) in [6, 6.07) is 2.35. The summed E-state index contributed by atoms with van der Waals surface area (Å²) in [5.41, 5.74) is 4.05. The Morgan fingerprint density at radius 2 is 2.00 bits per heavy atom. The monoisotopic (exact) mass is 227 g/mol. The Balaban J connectivity index is 3.29. The average Bonchev–Trinajstić information content (AvgIpc) is 2.08. The van der Waals surface area contributed by atoms with E-state index >= 15 is 0 Å². The maximum atomic E-state index is 13.1. The van der Waals surface area contributed by atoms with Gasteiger partial charge in [-0.3, -0.25) is 0 Å². The van der Waals surface area contributed by atoms with Gasteiger partial charge >= 0.3 is 5.97 Å². The Kier molecular flexibility index (Phi) is 3.07. The number of hydrogen-bond acceptors (Lipinski definition) is 3. The van der Waals surface area contributed by atoms with Crippen molar-refractivity contribution in [2.24, 2.45) is 0 Å². The van der Waals surface area contributed by atoms with Gasteiger partial charge in [0.2, 0.25) is 0 Å². The van der Waals surface area contributed by atoms with Crippen LogP contribution in [0.3, 0.4) is 0 Å². The summed E-state index contributed by atoms with van der Waals surface area (Å²) in [4.78, 5) is 11.0. The molecule has 0 saturated heterocycles. The maximum absolute atomic E-state index is 13.1. The molecule has 0 fully saturated rings. The average molecular weight is 227 g/mol. The molecule has 0 heterocycles. The van der Waals surface area contributed by atoms with E-state index in [0.29, 0.717) is 0 Å². The third-order valence-corrected chi connectivity index (χ3v) is 1.78. The van der Waals surface area contributed by atoms with Gasteiger partial charge in [0.05, 0.1) is 5.69 Å². The van der Waals surface area contributed by atoms with Crippen LogP contribution in [0.5, 0.6) is 5.75 Å². The van der Waals surface area contributed by atoms with Crippen molar-refractivity contribution in [3.8, 4) is 5.75 Å². The van der Waals surface area contributed by atoms with Gasteiger partial charge in [0, 0.05) is 0 Å². The second-order valence-electron chi connectivity index (χ2n) is 4.35. The van der Waals surface area contributed by atoms with Crippen LogP contribution in [-0.2, 0) is 0 Å². The highest BCUT2D eigenvalue weighted by molar-refractivity contribution is 5.96. The lowest BCUT2D eigenvalue weighted by Gasteiger charge is -2.23. The summed E-state index contributed by atoms with van der Waals surface area (Å²) >= 11 is 0. The van der Waals surface area contributed by atoms with Gasteiger partial charge in [0.15, 0.2) is 0 Å². The van der Waals surface area contributed by atoms with Gasteiger partial charge in [-0.1, -0.05) is 0 Å². The Labute approximate surface area is 92.8 Å². The molecule has 4 nitrogen and oxygen atoms in total. The van der Waals surface area contributed by atoms with E-state index in [0.717, 1.165) is 6.07 Å².